The first-order chi connectivity index (χ1) is 11.8. The molecular weight excluding hydrogens is 344 g/mol. The average molecular weight is 368 g/mol. The van der Waals surface area contributed by atoms with E-state index >= 15 is 0 Å². The Morgan fingerprint density at radius 1 is 1.20 bits per heavy atom. The molecule has 1 aliphatic heterocycles. The van der Waals surface area contributed by atoms with Gasteiger partial charge in [-0.05, 0) is 25.0 Å². The SMILES string of the molecule is CS(=O)(=O)NCCNC(=O)N[C@H]1CCCN(C(=O)c2ccccc2)C1. The van der Waals surface area contributed by atoms with Gasteiger partial charge in [0.1, 0.15) is 0 Å². The van der Waals surface area contributed by atoms with Crippen LogP contribution in [0.4, 0.5) is 4.79 Å². The lowest BCUT2D eigenvalue weighted by molar-refractivity contribution is 0.0697. The quantitative estimate of drug-likeness (QED) is 0.621. The minimum atomic E-state index is -3.26. The van der Waals surface area contributed by atoms with Gasteiger partial charge >= 0.3 is 6.03 Å². The molecule has 0 saturated carbocycles. The number of carbonyl (C=O) groups is 2. The molecule has 3 amide bonds. The van der Waals surface area contributed by atoms with Crippen LogP contribution in [-0.4, -0.2) is 63.7 Å². The second kappa shape index (κ2) is 8.82. The van der Waals surface area contributed by atoms with E-state index in [0.29, 0.717) is 18.7 Å². The largest absolute Gasteiger partial charge is 0.337 e. The third-order valence-corrected chi connectivity index (χ3v) is 4.57. The van der Waals surface area contributed by atoms with Gasteiger partial charge in [-0.15, -0.1) is 0 Å². The van der Waals surface area contributed by atoms with Crippen molar-refractivity contribution >= 4 is 22.0 Å². The number of likely N-dealkylation sites (tertiary alicyclic amines) is 1. The van der Waals surface area contributed by atoms with Crippen LogP contribution in [0.2, 0.25) is 0 Å². The van der Waals surface area contributed by atoms with Crippen molar-refractivity contribution in [1.29, 1.82) is 0 Å². The first kappa shape index (κ1) is 19.2. The zero-order valence-electron chi connectivity index (χ0n) is 14.2. The molecule has 138 valence electrons. The molecule has 1 fully saturated rings. The number of carbonyl (C=O) groups excluding carboxylic acids is 2. The molecule has 3 N–H and O–H groups in total. The molecule has 8 nitrogen and oxygen atoms in total. The zero-order valence-corrected chi connectivity index (χ0v) is 15.0. The van der Waals surface area contributed by atoms with Gasteiger partial charge in [-0.25, -0.2) is 17.9 Å². The summed E-state index contributed by atoms with van der Waals surface area (Å²) >= 11 is 0. The second-order valence-corrected chi connectivity index (χ2v) is 7.86. The first-order valence-electron chi connectivity index (χ1n) is 8.18. The van der Waals surface area contributed by atoms with Gasteiger partial charge in [-0.2, -0.15) is 0 Å². The van der Waals surface area contributed by atoms with E-state index < -0.39 is 10.0 Å². The summed E-state index contributed by atoms with van der Waals surface area (Å²) < 4.78 is 24.2. The van der Waals surface area contributed by atoms with Crippen molar-refractivity contribution < 1.29 is 18.0 Å². The smallest absolute Gasteiger partial charge is 0.315 e. The van der Waals surface area contributed by atoms with E-state index in [1.807, 2.05) is 18.2 Å². The Hall–Kier alpha value is -2.13. The van der Waals surface area contributed by atoms with Gasteiger partial charge < -0.3 is 15.5 Å². The van der Waals surface area contributed by atoms with Crippen molar-refractivity contribution in [2.45, 2.75) is 18.9 Å². The number of benzene rings is 1. The number of hydrogen-bond acceptors (Lipinski definition) is 4. The standard InChI is InChI=1S/C16H24N4O4S/c1-25(23,24)18-10-9-17-16(22)19-14-8-5-11-20(12-14)15(21)13-6-3-2-4-7-13/h2-4,6-7,14,18H,5,8-12H2,1H3,(H2,17,19,22)/t14-/m0/s1. The maximum Gasteiger partial charge on any atom is 0.315 e. The van der Waals surface area contributed by atoms with Crippen LogP contribution in [0.5, 0.6) is 0 Å². The number of hydrogen-bond donors (Lipinski definition) is 3. The average Bonchev–Trinajstić information content (AvgIpc) is 2.58. The number of piperidine rings is 1. The van der Waals surface area contributed by atoms with Crippen LogP contribution in [-0.2, 0) is 10.0 Å². The van der Waals surface area contributed by atoms with E-state index in [1.165, 1.54) is 0 Å². The summed E-state index contributed by atoms with van der Waals surface area (Å²) in [6, 6.07) is 8.58. The molecule has 1 heterocycles. The van der Waals surface area contributed by atoms with Crippen molar-refractivity contribution in [3.63, 3.8) is 0 Å². The summed E-state index contributed by atoms with van der Waals surface area (Å²) in [6.07, 6.45) is 2.68. The van der Waals surface area contributed by atoms with Gasteiger partial charge in [0, 0.05) is 37.8 Å². The number of nitrogens with zero attached hydrogens (tertiary/aromatic N) is 1. The third-order valence-electron chi connectivity index (χ3n) is 3.84. The molecule has 0 bridgehead atoms. The van der Waals surface area contributed by atoms with Crippen molar-refractivity contribution in [3.05, 3.63) is 35.9 Å². The van der Waals surface area contributed by atoms with E-state index in [-0.39, 0.29) is 31.1 Å². The molecule has 1 aromatic carbocycles. The summed E-state index contributed by atoms with van der Waals surface area (Å²) in [6.45, 7) is 1.46. The van der Waals surface area contributed by atoms with Gasteiger partial charge in [0.2, 0.25) is 10.0 Å². The minimum absolute atomic E-state index is 0.0372. The molecule has 0 aromatic heterocycles. The number of urea groups is 1. The van der Waals surface area contributed by atoms with E-state index in [4.69, 9.17) is 0 Å². The van der Waals surface area contributed by atoms with Crippen LogP contribution in [0.3, 0.4) is 0 Å². The van der Waals surface area contributed by atoms with Crippen molar-refractivity contribution in [3.8, 4) is 0 Å². The maximum atomic E-state index is 12.5. The monoisotopic (exact) mass is 368 g/mol. The first-order valence-corrected chi connectivity index (χ1v) is 10.1. The molecule has 9 heteroatoms. The van der Waals surface area contributed by atoms with E-state index in [0.717, 1.165) is 19.1 Å². The van der Waals surface area contributed by atoms with Crippen LogP contribution in [0.15, 0.2) is 30.3 Å². The van der Waals surface area contributed by atoms with Crippen LogP contribution in [0.1, 0.15) is 23.2 Å². The van der Waals surface area contributed by atoms with Gasteiger partial charge in [0.05, 0.1) is 6.26 Å². The fraction of sp³-hybridized carbons (Fsp3) is 0.500. The Morgan fingerprint density at radius 3 is 2.60 bits per heavy atom. The maximum absolute atomic E-state index is 12.5. The Balaban J connectivity index is 1.77. The minimum Gasteiger partial charge on any atom is -0.337 e. The van der Waals surface area contributed by atoms with Gasteiger partial charge in [-0.1, -0.05) is 18.2 Å². The number of amides is 3. The van der Waals surface area contributed by atoms with Crippen LogP contribution >= 0.6 is 0 Å². The molecule has 0 aliphatic carbocycles. The second-order valence-electron chi connectivity index (χ2n) is 6.02. The molecule has 2 rings (SSSR count). The summed E-state index contributed by atoms with van der Waals surface area (Å²) in [7, 11) is -3.26. The molecule has 0 radical (unpaired) electrons. The Bertz CT molecular complexity index is 693. The van der Waals surface area contributed by atoms with Gasteiger partial charge in [0.15, 0.2) is 0 Å². The summed E-state index contributed by atoms with van der Waals surface area (Å²) in [4.78, 5) is 26.1. The fourth-order valence-electron chi connectivity index (χ4n) is 2.69. The highest BCUT2D eigenvalue weighted by Gasteiger charge is 2.25. The topological polar surface area (TPSA) is 108 Å². The molecule has 0 spiro atoms. The molecule has 1 aliphatic rings. The molecule has 25 heavy (non-hydrogen) atoms. The van der Waals surface area contributed by atoms with E-state index in [9.17, 15) is 18.0 Å². The lowest BCUT2D eigenvalue weighted by atomic mass is 10.0. The van der Waals surface area contributed by atoms with Crippen LogP contribution in [0.25, 0.3) is 0 Å². The Kier molecular flexibility index (Phi) is 6.77. The predicted molar refractivity (Wildman–Crippen MR) is 94.7 cm³/mol. The summed E-state index contributed by atoms with van der Waals surface area (Å²) in [5.41, 5.74) is 0.638. The molecular formula is C16H24N4O4S. The molecule has 1 aromatic rings. The molecule has 1 saturated heterocycles. The highest BCUT2D eigenvalue weighted by atomic mass is 32.2. The summed E-state index contributed by atoms with van der Waals surface area (Å²) in [5, 5.41) is 5.43. The Morgan fingerprint density at radius 2 is 1.92 bits per heavy atom. The third kappa shape index (κ3) is 6.71. The van der Waals surface area contributed by atoms with Crippen LogP contribution in [0, 0.1) is 0 Å². The van der Waals surface area contributed by atoms with E-state index in [1.54, 1.807) is 17.0 Å². The zero-order chi connectivity index (χ0) is 18.3. The van der Waals surface area contributed by atoms with E-state index in [2.05, 4.69) is 15.4 Å². The summed E-state index contributed by atoms with van der Waals surface area (Å²) in [5.74, 6) is -0.0372. The van der Waals surface area contributed by atoms with Gasteiger partial charge in [-0.3, -0.25) is 4.79 Å². The number of rotatable bonds is 6. The highest BCUT2D eigenvalue weighted by molar-refractivity contribution is 7.88. The lowest BCUT2D eigenvalue weighted by Gasteiger charge is -2.33. The number of sulfonamides is 1. The highest BCUT2D eigenvalue weighted by Crippen LogP contribution is 2.13. The van der Waals surface area contributed by atoms with Gasteiger partial charge in [0.25, 0.3) is 5.91 Å². The molecule has 0 unspecified atom stereocenters. The Labute approximate surface area is 148 Å². The van der Waals surface area contributed by atoms with Crippen molar-refractivity contribution in [2.75, 3.05) is 32.4 Å². The van der Waals surface area contributed by atoms with Crippen molar-refractivity contribution in [2.24, 2.45) is 0 Å². The van der Waals surface area contributed by atoms with Crippen LogP contribution < -0.4 is 15.4 Å². The fourth-order valence-corrected chi connectivity index (χ4v) is 3.16. The number of nitrogens with one attached hydrogen (secondary N) is 3. The van der Waals surface area contributed by atoms with Crippen molar-refractivity contribution in [1.82, 2.24) is 20.3 Å². The normalized spacial score (nSPS) is 17.8. The lowest BCUT2D eigenvalue weighted by Crippen LogP contribution is -2.52. The molecule has 1 atom stereocenters. The predicted octanol–water partition coefficient (Wildman–Crippen LogP) is 0.140.